The van der Waals surface area contributed by atoms with Gasteiger partial charge < -0.3 is 10.6 Å². The SMILES string of the molecule is NS(=O)(=O)c1ccccc1-c1ccc(C(=O)NCCC(=O)Nc2cc(Cl)c(Cl)cc2[N+](=O)[O-])cc1. The lowest BCUT2D eigenvalue weighted by atomic mass is 10.0. The Labute approximate surface area is 210 Å². The predicted molar refractivity (Wildman–Crippen MR) is 132 cm³/mol. The molecule has 0 bridgehead atoms. The molecule has 0 saturated carbocycles. The van der Waals surface area contributed by atoms with Gasteiger partial charge in [-0.2, -0.15) is 0 Å². The molecule has 0 aliphatic carbocycles. The Bertz CT molecular complexity index is 1410. The van der Waals surface area contributed by atoms with Crippen molar-refractivity contribution < 1.29 is 22.9 Å². The Balaban J connectivity index is 1.61. The zero-order chi connectivity index (χ0) is 25.8. The summed E-state index contributed by atoms with van der Waals surface area (Å²) >= 11 is 11.7. The molecule has 182 valence electrons. The number of primary sulfonamides is 1. The first-order valence-electron chi connectivity index (χ1n) is 9.91. The molecule has 0 saturated heterocycles. The Morgan fingerprint density at radius 2 is 1.63 bits per heavy atom. The van der Waals surface area contributed by atoms with Gasteiger partial charge in [0.2, 0.25) is 15.9 Å². The first kappa shape index (κ1) is 26.1. The van der Waals surface area contributed by atoms with Gasteiger partial charge in [0.1, 0.15) is 5.69 Å². The number of nitrogens with two attached hydrogens (primary N) is 1. The fourth-order valence-electron chi connectivity index (χ4n) is 3.15. The summed E-state index contributed by atoms with van der Waals surface area (Å²) in [6.45, 7) is -0.0458. The number of hydrogen-bond acceptors (Lipinski definition) is 6. The number of carbonyl (C=O) groups is 2. The molecule has 3 rings (SSSR count). The molecule has 0 aromatic heterocycles. The molecule has 0 heterocycles. The first-order valence-corrected chi connectivity index (χ1v) is 12.2. The maximum Gasteiger partial charge on any atom is 0.294 e. The predicted octanol–water partition coefficient (Wildman–Crippen LogP) is 3.97. The number of rotatable bonds is 8. The third-order valence-corrected chi connectivity index (χ3v) is 6.49. The summed E-state index contributed by atoms with van der Waals surface area (Å²) < 4.78 is 23.6. The van der Waals surface area contributed by atoms with E-state index in [1.54, 1.807) is 30.3 Å². The van der Waals surface area contributed by atoms with Crippen LogP contribution in [-0.2, 0) is 14.8 Å². The number of hydrogen-bond donors (Lipinski definition) is 3. The Hall–Kier alpha value is -3.51. The maximum atomic E-state index is 12.4. The normalized spacial score (nSPS) is 11.1. The van der Waals surface area contributed by atoms with Crippen LogP contribution in [0.4, 0.5) is 11.4 Å². The number of nitrogens with zero attached hydrogens (tertiary/aromatic N) is 1. The van der Waals surface area contributed by atoms with E-state index in [0.29, 0.717) is 11.1 Å². The fraction of sp³-hybridized carbons (Fsp3) is 0.0909. The maximum absolute atomic E-state index is 12.4. The fourth-order valence-corrected chi connectivity index (χ4v) is 4.23. The molecule has 35 heavy (non-hydrogen) atoms. The van der Waals surface area contributed by atoms with Gasteiger partial charge in [0.15, 0.2) is 0 Å². The van der Waals surface area contributed by atoms with Crippen LogP contribution in [0.25, 0.3) is 11.1 Å². The molecular formula is C22H18Cl2N4O6S. The monoisotopic (exact) mass is 536 g/mol. The molecule has 2 amide bonds. The van der Waals surface area contributed by atoms with Crippen molar-refractivity contribution >= 4 is 56.4 Å². The van der Waals surface area contributed by atoms with Crippen molar-refractivity contribution in [2.24, 2.45) is 5.14 Å². The summed E-state index contributed by atoms with van der Waals surface area (Å²) in [4.78, 5) is 35.0. The van der Waals surface area contributed by atoms with Crippen LogP contribution in [0.3, 0.4) is 0 Å². The van der Waals surface area contributed by atoms with Crippen molar-refractivity contribution in [3.8, 4) is 11.1 Å². The quantitative estimate of drug-likeness (QED) is 0.291. The highest BCUT2D eigenvalue weighted by Crippen LogP contribution is 2.34. The molecule has 0 fully saturated rings. The molecule has 3 aromatic rings. The molecule has 3 aromatic carbocycles. The number of benzene rings is 3. The Morgan fingerprint density at radius 3 is 2.26 bits per heavy atom. The molecule has 0 spiro atoms. The van der Waals surface area contributed by atoms with Crippen molar-refractivity contribution in [2.75, 3.05) is 11.9 Å². The summed E-state index contributed by atoms with van der Waals surface area (Å²) in [5.74, 6) is -1.05. The molecular weight excluding hydrogens is 519 g/mol. The van der Waals surface area contributed by atoms with Crippen LogP contribution in [0.1, 0.15) is 16.8 Å². The summed E-state index contributed by atoms with van der Waals surface area (Å²) in [5.41, 5.74) is 0.697. The number of halogens is 2. The number of nitrogens with one attached hydrogen (secondary N) is 2. The number of nitro groups is 1. The Morgan fingerprint density at radius 1 is 1.00 bits per heavy atom. The van der Waals surface area contributed by atoms with Crippen molar-refractivity contribution in [2.45, 2.75) is 11.3 Å². The van der Waals surface area contributed by atoms with E-state index in [9.17, 15) is 28.1 Å². The lowest BCUT2D eigenvalue weighted by molar-refractivity contribution is -0.383. The molecule has 0 radical (unpaired) electrons. The number of sulfonamides is 1. The molecule has 4 N–H and O–H groups in total. The molecule has 10 nitrogen and oxygen atoms in total. The number of nitro benzene ring substituents is 1. The van der Waals surface area contributed by atoms with Crippen molar-refractivity contribution in [1.82, 2.24) is 5.32 Å². The molecule has 0 unspecified atom stereocenters. The number of anilines is 1. The van der Waals surface area contributed by atoms with Gasteiger partial charge in [-0.15, -0.1) is 0 Å². The van der Waals surface area contributed by atoms with E-state index in [1.165, 1.54) is 24.3 Å². The van der Waals surface area contributed by atoms with Crippen LogP contribution in [0, 0.1) is 10.1 Å². The van der Waals surface area contributed by atoms with E-state index in [-0.39, 0.29) is 39.2 Å². The van der Waals surface area contributed by atoms with Crippen LogP contribution >= 0.6 is 23.2 Å². The lowest BCUT2D eigenvalue weighted by Gasteiger charge is -2.10. The van der Waals surface area contributed by atoms with Crippen LogP contribution in [0.15, 0.2) is 65.6 Å². The largest absolute Gasteiger partial charge is 0.352 e. The molecule has 0 aliphatic rings. The number of amides is 2. The van der Waals surface area contributed by atoms with E-state index >= 15 is 0 Å². The zero-order valence-corrected chi connectivity index (χ0v) is 20.2. The van der Waals surface area contributed by atoms with Gasteiger partial charge in [0, 0.05) is 30.2 Å². The summed E-state index contributed by atoms with van der Waals surface area (Å²) in [6, 6.07) is 14.6. The van der Waals surface area contributed by atoms with Crippen LogP contribution in [0.2, 0.25) is 10.0 Å². The lowest BCUT2D eigenvalue weighted by Crippen LogP contribution is -2.27. The van der Waals surface area contributed by atoms with Crippen LogP contribution in [-0.4, -0.2) is 31.7 Å². The second-order valence-electron chi connectivity index (χ2n) is 7.21. The molecule has 0 aliphatic heterocycles. The summed E-state index contributed by atoms with van der Waals surface area (Å²) in [5, 5.41) is 21.4. The van der Waals surface area contributed by atoms with E-state index in [1.807, 2.05) is 0 Å². The standard InChI is InChI=1S/C22H18Cl2N4O6S/c23-16-11-18(19(28(31)32)12-17(16)24)27-21(29)9-10-26-22(30)14-7-5-13(6-8-14)15-3-1-2-4-20(15)35(25,33)34/h1-8,11-12H,9-10H2,(H,26,30)(H,27,29)(H2,25,33,34). The van der Waals surface area contributed by atoms with Gasteiger partial charge in [-0.1, -0.05) is 53.5 Å². The highest BCUT2D eigenvalue weighted by molar-refractivity contribution is 7.89. The third-order valence-electron chi connectivity index (χ3n) is 4.80. The van der Waals surface area contributed by atoms with Crippen LogP contribution < -0.4 is 15.8 Å². The average molecular weight is 537 g/mol. The Kier molecular flexibility index (Phi) is 8.07. The van der Waals surface area contributed by atoms with Gasteiger partial charge >= 0.3 is 0 Å². The van der Waals surface area contributed by atoms with Gasteiger partial charge in [-0.25, -0.2) is 13.6 Å². The van der Waals surface area contributed by atoms with Gasteiger partial charge in [0.25, 0.3) is 11.6 Å². The third kappa shape index (κ3) is 6.55. The minimum absolute atomic E-state index is 0.0252. The first-order chi connectivity index (χ1) is 16.5. The number of carbonyl (C=O) groups excluding carboxylic acids is 2. The topological polar surface area (TPSA) is 162 Å². The van der Waals surface area contributed by atoms with E-state index in [2.05, 4.69) is 10.6 Å². The highest BCUT2D eigenvalue weighted by atomic mass is 35.5. The van der Waals surface area contributed by atoms with E-state index in [0.717, 1.165) is 6.07 Å². The van der Waals surface area contributed by atoms with E-state index in [4.69, 9.17) is 28.3 Å². The minimum atomic E-state index is -3.93. The van der Waals surface area contributed by atoms with Gasteiger partial charge in [-0.3, -0.25) is 19.7 Å². The highest BCUT2D eigenvalue weighted by Gasteiger charge is 2.19. The second kappa shape index (κ2) is 10.8. The smallest absolute Gasteiger partial charge is 0.294 e. The zero-order valence-electron chi connectivity index (χ0n) is 17.8. The van der Waals surface area contributed by atoms with Gasteiger partial charge in [0.05, 0.1) is 19.9 Å². The minimum Gasteiger partial charge on any atom is -0.352 e. The second-order valence-corrected chi connectivity index (χ2v) is 9.56. The molecule has 0 atom stereocenters. The van der Waals surface area contributed by atoms with Gasteiger partial charge in [-0.05, 0) is 29.8 Å². The molecule has 13 heteroatoms. The summed E-state index contributed by atoms with van der Waals surface area (Å²) in [7, 11) is -3.93. The van der Waals surface area contributed by atoms with Crippen molar-refractivity contribution in [3.63, 3.8) is 0 Å². The van der Waals surface area contributed by atoms with Crippen LogP contribution in [0.5, 0.6) is 0 Å². The van der Waals surface area contributed by atoms with E-state index < -0.39 is 32.4 Å². The van der Waals surface area contributed by atoms with Crippen molar-refractivity contribution in [1.29, 1.82) is 0 Å². The van der Waals surface area contributed by atoms with Crippen molar-refractivity contribution in [3.05, 3.63) is 86.4 Å². The average Bonchev–Trinajstić information content (AvgIpc) is 2.80. The summed E-state index contributed by atoms with van der Waals surface area (Å²) in [6.07, 6.45) is -0.164.